The minimum absolute atomic E-state index is 0.0590. The van der Waals surface area contributed by atoms with Crippen LogP contribution in [0, 0.1) is 27.4 Å². The zero-order valence-electron chi connectivity index (χ0n) is 11.4. The Kier molecular flexibility index (Phi) is 4.25. The molecule has 0 radical (unpaired) electrons. The standard InChI is InChI=1S/C14H13Cl2NO4/c1-14(2)10(7-11(15)16)12(14)13(18)21-9-5-3-8(4-6-9)17(19)20/h3-7,10,12H,1-2H3. The molecule has 0 bridgehead atoms. The molecule has 0 aliphatic heterocycles. The van der Waals surface area contributed by atoms with Crippen LogP contribution in [0.25, 0.3) is 0 Å². The van der Waals surface area contributed by atoms with E-state index in [9.17, 15) is 14.9 Å². The Morgan fingerprint density at radius 1 is 1.33 bits per heavy atom. The molecule has 1 aromatic carbocycles. The van der Waals surface area contributed by atoms with E-state index in [1.54, 1.807) is 6.08 Å². The lowest BCUT2D eigenvalue weighted by Gasteiger charge is -2.04. The third-order valence-corrected chi connectivity index (χ3v) is 3.99. The highest BCUT2D eigenvalue weighted by atomic mass is 35.5. The van der Waals surface area contributed by atoms with Gasteiger partial charge in [-0.15, -0.1) is 0 Å². The average molecular weight is 330 g/mol. The number of nitro groups is 1. The van der Waals surface area contributed by atoms with Gasteiger partial charge < -0.3 is 4.74 Å². The third-order valence-electron chi connectivity index (χ3n) is 3.74. The normalized spacial score (nSPS) is 22.3. The van der Waals surface area contributed by atoms with E-state index in [2.05, 4.69) is 0 Å². The molecule has 2 atom stereocenters. The molecule has 112 valence electrons. The Labute approximate surface area is 131 Å². The summed E-state index contributed by atoms with van der Waals surface area (Å²) in [5.41, 5.74) is -0.330. The highest BCUT2D eigenvalue weighted by Gasteiger charge is 2.61. The van der Waals surface area contributed by atoms with Gasteiger partial charge in [0.15, 0.2) is 0 Å². The molecule has 2 rings (SSSR count). The molecule has 0 aromatic heterocycles. The Hall–Kier alpha value is -1.59. The van der Waals surface area contributed by atoms with Crippen LogP contribution in [0.2, 0.25) is 0 Å². The van der Waals surface area contributed by atoms with Crippen LogP contribution >= 0.6 is 23.2 Å². The Balaban J connectivity index is 2.05. The van der Waals surface area contributed by atoms with Gasteiger partial charge in [-0.2, -0.15) is 0 Å². The Bertz CT molecular complexity index is 606. The predicted molar refractivity (Wildman–Crippen MR) is 79.3 cm³/mol. The summed E-state index contributed by atoms with van der Waals surface area (Å²) in [4.78, 5) is 22.2. The quantitative estimate of drug-likeness (QED) is 0.361. The van der Waals surface area contributed by atoms with E-state index in [1.807, 2.05) is 13.8 Å². The largest absolute Gasteiger partial charge is 0.426 e. The van der Waals surface area contributed by atoms with E-state index in [4.69, 9.17) is 27.9 Å². The minimum atomic E-state index is -0.515. The van der Waals surface area contributed by atoms with Crippen molar-refractivity contribution in [3.63, 3.8) is 0 Å². The molecular formula is C14H13Cl2NO4. The second-order valence-corrected chi connectivity index (χ2v) is 6.46. The van der Waals surface area contributed by atoms with E-state index < -0.39 is 10.9 Å². The van der Waals surface area contributed by atoms with Crippen LogP contribution in [-0.2, 0) is 4.79 Å². The summed E-state index contributed by atoms with van der Waals surface area (Å²) in [5.74, 6) is -0.536. The monoisotopic (exact) mass is 329 g/mol. The summed E-state index contributed by atoms with van der Waals surface area (Å²) in [5, 5.41) is 10.5. The van der Waals surface area contributed by atoms with Crippen LogP contribution in [0.4, 0.5) is 5.69 Å². The summed E-state index contributed by atoms with van der Waals surface area (Å²) in [7, 11) is 0. The van der Waals surface area contributed by atoms with Crippen molar-refractivity contribution in [3.8, 4) is 5.75 Å². The number of carbonyl (C=O) groups excluding carboxylic acids is 1. The fourth-order valence-corrected chi connectivity index (χ4v) is 2.66. The number of hydrogen-bond donors (Lipinski definition) is 0. The van der Waals surface area contributed by atoms with Gasteiger partial charge in [0, 0.05) is 12.1 Å². The molecule has 0 heterocycles. The topological polar surface area (TPSA) is 69.4 Å². The van der Waals surface area contributed by atoms with Gasteiger partial charge in [0.2, 0.25) is 0 Å². The number of non-ortho nitro benzene ring substituents is 1. The van der Waals surface area contributed by atoms with Crippen molar-refractivity contribution in [2.75, 3.05) is 0 Å². The number of nitrogens with zero attached hydrogens (tertiary/aromatic N) is 1. The van der Waals surface area contributed by atoms with Crippen molar-refractivity contribution >= 4 is 34.9 Å². The Morgan fingerprint density at radius 3 is 2.38 bits per heavy atom. The summed E-state index contributed by atoms with van der Waals surface area (Å²) < 4.78 is 5.37. The molecule has 1 aliphatic carbocycles. The van der Waals surface area contributed by atoms with Crippen molar-refractivity contribution in [2.24, 2.45) is 17.3 Å². The molecule has 21 heavy (non-hydrogen) atoms. The second-order valence-electron chi connectivity index (χ2n) is 5.45. The number of halogens is 2. The first-order valence-electron chi connectivity index (χ1n) is 6.22. The van der Waals surface area contributed by atoms with Crippen LogP contribution in [-0.4, -0.2) is 10.9 Å². The van der Waals surface area contributed by atoms with E-state index >= 15 is 0 Å². The lowest BCUT2D eigenvalue weighted by Crippen LogP contribution is -2.13. The van der Waals surface area contributed by atoms with Gasteiger partial charge in [-0.1, -0.05) is 37.0 Å². The van der Waals surface area contributed by atoms with Crippen LogP contribution in [0.3, 0.4) is 0 Å². The fourth-order valence-electron chi connectivity index (χ4n) is 2.39. The highest BCUT2D eigenvalue weighted by Crippen LogP contribution is 2.60. The maximum atomic E-state index is 12.1. The van der Waals surface area contributed by atoms with Gasteiger partial charge in [0.25, 0.3) is 5.69 Å². The van der Waals surface area contributed by atoms with Crippen molar-refractivity contribution in [1.82, 2.24) is 0 Å². The lowest BCUT2D eigenvalue weighted by atomic mass is 10.1. The molecule has 0 amide bonds. The van der Waals surface area contributed by atoms with Gasteiger partial charge in [-0.25, -0.2) is 0 Å². The van der Waals surface area contributed by atoms with Gasteiger partial charge in [-0.3, -0.25) is 14.9 Å². The minimum Gasteiger partial charge on any atom is -0.426 e. The first-order chi connectivity index (χ1) is 9.73. The molecule has 0 saturated heterocycles. The summed E-state index contributed by atoms with van der Waals surface area (Å²) in [6.45, 7) is 3.85. The molecule has 5 nitrogen and oxygen atoms in total. The molecule has 1 aliphatic rings. The number of benzene rings is 1. The highest BCUT2D eigenvalue weighted by molar-refractivity contribution is 6.55. The van der Waals surface area contributed by atoms with Crippen molar-refractivity contribution in [2.45, 2.75) is 13.8 Å². The number of esters is 1. The maximum absolute atomic E-state index is 12.1. The van der Waals surface area contributed by atoms with E-state index in [-0.39, 0.29) is 33.2 Å². The molecule has 0 spiro atoms. The zero-order valence-corrected chi connectivity index (χ0v) is 12.9. The number of hydrogen-bond acceptors (Lipinski definition) is 4. The molecule has 0 N–H and O–H groups in total. The summed E-state index contributed by atoms with van der Waals surface area (Å²) in [6.07, 6.45) is 1.63. The van der Waals surface area contributed by atoms with Gasteiger partial charge in [0.05, 0.1) is 10.8 Å². The fraction of sp³-hybridized carbons (Fsp3) is 0.357. The van der Waals surface area contributed by atoms with Crippen molar-refractivity contribution in [1.29, 1.82) is 0 Å². The summed E-state index contributed by atoms with van der Waals surface area (Å²) >= 11 is 11.3. The van der Waals surface area contributed by atoms with E-state index in [0.717, 1.165) is 0 Å². The molecule has 7 heteroatoms. The van der Waals surface area contributed by atoms with Crippen LogP contribution in [0.5, 0.6) is 5.75 Å². The number of allylic oxidation sites excluding steroid dienone is 1. The van der Waals surface area contributed by atoms with E-state index in [1.165, 1.54) is 24.3 Å². The van der Waals surface area contributed by atoms with Gasteiger partial charge in [0.1, 0.15) is 10.2 Å². The van der Waals surface area contributed by atoms with Gasteiger partial charge in [-0.05, 0) is 29.5 Å². The molecule has 1 fully saturated rings. The van der Waals surface area contributed by atoms with Crippen LogP contribution in [0.15, 0.2) is 34.8 Å². The molecule has 1 aromatic rings. The van der Waals surface area contributed by atoms with Gasteiger partial charge >= 0.3 is 5.97 Å². The SMILES string of the molecule is CC1(C)C(C=C(Cl)Cl)C1C(=O)Oc1ccc([N+](=O)[O-])cc1. The smallest absolute Gasteiger partial charge is 0.315 e. The zero-order chi connectivity index (χ0) is 15.8. The maximum Gasteiger partial charge on any atom is 0.315 e. The summed E-state index contributed by atoms with van der Waals surface area (Å²) in [6, 6.07) is 5.36. The molecular weight excluding hydrogens is 317 g/mol. The first kappa shape index (κ1) is 15.8. The Morgan fingerprint density at radius 2 is 1.90 bits per heavy atom. The third kappa shape index (κ3) is 3.36. The number of rotatable bonds is 4. The van der Waals surface area contributed by atoms with Crippen LogP contribution in [0.1, 0.15) is 13.8 Å². The second kappa shape index (κ2) is 5.66. The lowest BCUT2D eigenvalue weighted by molar-refractivity contribution is -0.384. The number of carbonyl (C=O) groups is 1. The molecule has 2 unspecified atom stereocenters. The average Bonchev–Trinajstić information content (AvgIpc) is 2.90. The van der Waals surface area contributed by atoms with Crippen LogP contribution < -0.4 is 4.74 Å². The molecule has 1 saturated carbocycles. The number of nitro benzene ring substituents is 1. The first-order valence-corrected chi connectivity index (χ1v) is 6.98. The van der Waals surface area contributed by atoms with E-state index in [0.29, 0.717) is 0 Å². The van der Waals surface area contributed by atoms with Crippen molar-refractivity contribution < 1.29 is 14.5 Å². The number of ether oxygens (including phenoxy) is 1. The predicted octanol–water partition coefficient (Wildman–Crippen LogP) is 4.09. The van der Waals surface area contributed by atoms with Crippen molar-refractivity contribution in [3.05, 3.63) is 44.9 Å².